The molecule has 0 radical (unpaired) electrons. The summed E-state index contributed by atoms with van der Waals surface area (Å²) in [7, 11) is 0. The third-order valence-corrected chi connectivity index (χ3v) is 6.90. The van der Waals surface area contributed by atoms with E-state index in [1.54, 1.807) is 18.0 Å². The molecular weight excluding hydrogens is 418 g/mol. The maximum Gasteiger partial charge on any atom is 0.226 e. The molecule has 6 rings (SSSR count). The zero-order chi connectivity index (χ0) is 21.7. The van der Waals surface area contributed by atoms with Gasteiger partial charge in [0.05, 0.1) is 5.69 Å². The average Bonchev–Trinajstić information content (AvgIpc) is 3.20. The van der Waals surface area contributed by atoms with Gasteiger partial charge in [0.15, 0.2) is 11.0 Å². The summed E-state index contributed by atoms with van der Waals surface area (Å²) in [5, 5.41) is 11.2. The maximum absolute atomic E-state index is 5.79. The number of aromatic amines is 1. The van der Waals surface area contributed by atoms with E-state index in [-0.39, 0.29) is 0 Å². The quantitative estimate of drug-likeness (QED) is 0.312. The van der Waals surface area contributed by atoms with E-state index in [9.17, 15) is 0 Å². The van der Waals surface area contributed by atoms with Crippen LogP contribution in [0.25, 0.3) is 33.7 Å². The normalized spacial score (nSPS) is 13.8. The lowest BCUT2D eigenvalue weighted by molar-refractivity contribution is 0.573. The van der Waals surface area contributed by atoms with Gasteiger partial charge in [-0.05, 0) is 44.4 Å². The molecule has 0 bridgehead atoms. The molecular formula is C25H23N5OS. The van der Waals surface area contributed by atoms with Crippen LogP contribution in [-0.4, -0.2) is 24.7 Å². The number of thioether (sulfide) groups is 1. The lowest BCUT2D eigenvalue weighted by Gasteiger charge is -2.07. The van der Waals surface area contributed by atoms with Crippen molar-refractivity contribution in [3.63, 3.8) is 0 Å². The summed E-state index contributed by atoms with van der Waals surface area (Å²) in [5.74, 6) is 2.29. The number of nitrogens with zero attached hydrogens (tertiary/aromatic N) is 4. The molecule has 0 atom stereocenters. The van der Waals surface area contributed by atoms with Crippen LogP contribution in [0.3, 0.4) is 0 Å². The van der Waals surface area contributed by atoms with Crippen molar-refractivity contribution in [2.24, 2.45) is 0 Å². The van der Waals surface area contributed by atoms with Gasteiger partial charge in [-0.25, -0.2) is 4.98 Å². The van der Waals surface area contributed by atoms with Crippen molar-refractivity contribution >= 4 is 22.7 Å². The van der Waals surface area contributed by atoms with Crippen LogP contribution in [0.4, 0.5) is 0 Å². The van der Waals surface area contributed by atoms with Crippen molar-refractivity contribution in [3.8, 4) is 22.8 Å². The van der Waals surface area contributed by atoms with E-state index in [1.807, 2.05) is 12.3 Å². The third kappa shape index (κ3) is 3.42. The summed E-state index contributed by atoms with van der Waals surface area (Å²) < 4.78 is 8.09. The van der Waals surface area contributed by atoms with Crippen molar-refractivity contribution in [2.45, 2.75) is 43.6 Å². The molecule has 0 spiro atoms. The highest BCUT2D eigenvalue weighted by Gasteiger charge is 2.31. The minimum atomic E-state index is 0.472. The van der Waals surface area contributed by atoms with Gasteiger partial charge < -0.3 is 9.40 Å². The number of aryl methyl sites for hydroxylation is 2. The summed E-state index contributed by atoms with van der Waals surface area (Å²) in [6, 6.07) is 15.1. The molecule has 1 N–H and O–H groups in total. The fourth-order valence-electron chi connectivity index (χ4n) is 4.17. The first-order valence-electron chi connectivity index (χ1n) is 10.8. The molecule has 2 aromatic carbocycles. The van der Waals surface area contributed by atoms with E-state index in [1.165, 1.54) is 29.4 Å². The van der Waals surface area contributed by atoms with Gasteiger partial charge in [0, 0.05) is 40.0 Å². The number of hydrogen-bond acceptors (Lipinski definition) is 5. The van der Waals surface area contributed by atoms with Crippen LogP contribution in [0.15, 0.2) is 64.5 Å². The number of oxazole rings is 1. The number of para-hydroxylation sites is 1. The second-order valence-corrected chi connectivity index (χ2v) is 9.35. The van der Waals surface area contributed by atoms with Crippen LogP contribution in [0.5, 0.6) is 0 Å². The molecule has 0 unspecified atom stereocenters. The monoisotopic (exact) mass is 441 g/mol. The van der Waals surface area contributed by atoms with Crippen molar-refractivity contribution in [1.29, 1.82) is 0 Å². The average molecular weight is 442 g/mol. The largest absolute Gasteiger partial charge is 0.444 e. The molecule has 1 fully saturated rings. The Hall–Kier alpha value is -3.32. The predicted molar refractivity (Wildman–Crippen MR) is 127 cm³/mol. The number of fused-ring (bicyclic) bond motifs is 1. The first-order chi connectivity index (χ1) is 15.7. The molecule has 6 nitrogen and oxygen atoms in total. The Morgan fingerprint density at radius 3 is 2.81 bits per heavy atom. The Bertz CT molecular complexity index is 1430. The zero-order valence-electron chi connectivity index (χ0n) is 18.0. The Morgan fingerprint density at radius 2 is 1.97 bits per heavy atom. The Kier molecular flexibility index (Phi) is 4.64. The zero-order valence-corrected chi connectivity index (χ0v) is 18.8. The number of hydrogen-bond donors (Lipinski definition) is 1. The van der Waals surface area contributed by atoms with Gasteiger partial charge in [-0.15, -0.1) is 10.2 Å². The SMILES string of the molecule is Cc1ccc(-c2nc(CSc3nnc(-c4c[nH]c5ccccc45)n3C3CC3)co2)c(C)c1. The Labute approximate surface area is 190 Å². The Morgan fingerprint density at radius 1 is 1.09 bits per heavy atom. The summed E-state index contributed by atoms with van der Waals surface area (Å²) >= 11 is 1.66. The second-order valence-electron chi connectivity index (χ2n) is 8.41. The minimum absolute atomic E-state index is 0.472. The molecule has 7 heteroatoms. The highest BCUT2D eigenvalue weighted by molar-refractivity contribution is 7.98. The number of rotatable bonds is 6. The molecule has 0 saturated heterocycles. The minimum Gasteiger partial charge on any atom is -0.444 e. The van der Waals surface area contributed by atoms with Gasteiger partial charge in [-0.1, -0.05) is 47.7 Å². The van der Waals surface area contributed by atoms with Crippen molar-refractivity contribution in [2.75, 3.05) is 0 Å². The fraction of sp³-hybridized carbons (Fsp3) is 0.240. The van der Waals surface area contributed by atoms with Gasteiger partial charge in [-0.3, -0.25) is 4.57 Å². The van der Waals surface area contributed by atoms with Gasteiger partial charge in [0.1, 0.15) is 6.26 Å². The molecule has 3 aromatic heterocycles. The van der Waals surface area contributed by atoms with Gasteiger partial charge in [0.25, 0.3) is 0 Å². The standard InChI is InChI=1S/C25H23N5OS/c1-15-7-10-19(16(2)11-15)24-27-17(13-31-24)14-32-25-29-28-23(30(25)18-8-9-18)21-12-26-22-6-4-3-5-20(21)22/h3-7,10-13,18,26H,8-9,14H2,1-2H3. The number of nitrogens with one attached hydrogen (secondary N) is 1. The predicted octanol–water partition coefficient (Wildman–Crippen LogP) is 6.33. The van der Waals surface area contributed by atoms with Crippen LogP contribution < -0.4 is 0 Å². The number of aromatic nitrogens is 5. The molecule has 0 amide bonds. The number of H-pyrrole nitrogens is 1. The van der Waals surface area contributed by atoms with E-state index in [4.69, 9.17) is 9.40 Å². The molecule has 1 saturated carbocycles. The molecule has 5 aromatic rings. The second kappa shape index (κ2) is 7.67. The van der Waals surface area contributed by atoms with Gasteiger partial charge in [0.2, 0.25) is 5.89 Å². The van der Waals surface area contributed by atoms with Crippen LogP contribution >= 0.6 is 11.8 Å². The van der Waals surface area contributed by atoms with Crippen LogP contribution in [-0.2, 0) is 5.75 Å². The molecule has 3 heterocycles. The van der Waals surface area contributed by atoms with Crippen molar-refractivity contribution in [3.05, 3.63) is 71.7 Å². The lowest BCUT2D eigenvalue weighted by Crippen LogP contribution is -1.99. The molecule has 32 heavy (non-hydrogen) atoms. The van der Waals surface area contributed by atoms with E-state index >= 15 is 0 Å². The third-order valence-electron chi connectivity index (χ3n) is 5.92. The van der Waals surface area contributed by atoms with Crippen LogP contribution in [0.1, 0.15) is 35.7 Å². The molecule has 160 valence electrons. The summed E-state index contributed by atoms with van der Waals surface area (Å²) in [6.07, 6.45) is 6.12. The summed E-state index contributed by atoms with van der Waals surface area (Å²) in [4.78, 5) is 8.08. The highest BCUT2D eigenvalue weighted by atomic mass is 32.2. The van der Waals surface area contributed by atoms with Crippen LogP contribution in [0, 0.1) is 13.8 Å². The van der Waals surface area contributed by atoms with Crippen molar-refractivity contribution in [1.82, 2.24) is 24.7 Å². The maximum atomic E-state index is 5.79. The van der Waals surface area contributed by atoms with E-state index < -0.39 is 0 Å². The molecule has 1 aliphatic carbocycles. The van der Waals surface area contributed by atoms with E-state index in [0.717, 1.165) is 33.3 Å². The molecule has 1 aliphatic rings. The first-order valence-corrected chi connectivity index (χ1v) is 11.8. The van der Waals surface area contributed by atoms with Crippen LogP contribution in [0.2, 0.25) is 0 Å². The van der Waals surface area contributed by atoms with Gasteiger partial charge in [-0.2, -0.15) is 0 Å². The highest BCUT2D eigenvalue weighted by Crippen LogP contribution is 2.42. The smallest absolute Gasteiger partial charge is 0.226 e. The lowest BCUT2D eigenvalue weighted by atomic mass is 10.1. The summed E-state index contributed by atoms with van der Waals surface area (Å²) in [5.41, 5.74) is 6.56. The fourth-order valence-corrected chi connectivity index (χ4v) is 5.05. The Balaban J connectivity index is 1.27. The summed E-state index contributed by atoms with van der Waals surface area (Å²) in [6.45, 7) is 4.18. The van der Waals surface area contributed by atoms with Gasteiger partial charge >= 0.3 is 0 Å². The topological polar surface area (TPSA) is 72.5 Å². The van der Waals surface area contributed by atoms with E-state index in [0.29, 0.717) is 17.7 Å². The van der Waals surface area contributed by atoms with E-state index in [2.05, 4.69) is 70.0 Å². The molecule has 0 aliphatic heterocycles. The van der Waals surface area contributed by atoms with Crippen molar-refractivity contribution < 1.29 is 4.42 Å². The first kappa shape index (κ1) is 19.4. The number of benzene rings is 2.